The molecule has 14 heteroatoms. The normalized spacial score (nSPS) is 10.6. The fourth-order valence-corrected chi connectivity index (χ4v) is 6.41. The number of hydrogen-bond donors (Lipinski definition) is 8. The summed E-state index contributed by atoms with van der Waals surface area (Å²) in [7, 11) is -1.34. The van der Waals surface area contributed by atoms with Crippen molar-refractivity contribution in [2.24, 2.45) is 0 Å². The van der Waals surface area contributed by atoms with Crippen molar-refractivity contribution >= 4 is 50.1 Å². The Bertz CT molecular complexity index is 2780. The molecule has 0 aliphatic heterocycles. The van der Waals surface area contributed by atoms with E-state index in [0.29, 0.717) is 37.6 Å². The number of phenols is 6. The summed E-state index contributed by atoms with van der Waals surface area (Å²) in [4.78, 5) is 25.5. The molecule has 0 saturated heterocycles. The standard InChI is InChI=1S/C21H15NO4.C15H10BrNO4.C6H7BO2/c23-15-8-6-14(7-9-15)22-12-18(13-4-2-1-3-5-13)17-10-16(24)11-19(25)20(17)21(22)26;16-12-7-17(8-1-3-9(18)4-2-8)15(21)14-11(12)5-10(19)6-13(14)20;8-7(9)6-4-2-1-3-5-6/h1-12,23-25H;1-7,18-20H;1-5,8-9H. The van der Waals surface area contributed by atoms with Crippen LogP contribution in [-0.2, 0) is 0 Å². The molecule has 0 amide bonds. The van der Waals surface area contributed by atoms with E-state index in [2.05, 4.69) is 15.9 Å². The molecule has 0 saturated carbocycles. The Kier molecular flexibility index (Phi) is 11.5. The second-order valence-electron chi connectivity index (χ2n) is 12.3. The monoisotopic (exact) mass is 814 g/mol. The molecule has 280 valence electrons. The molecule has 0 unspecified atom stereocenters. The average Bonchev–Trinajstić information content (AvgIpc) is 3.18. The van der Waals surface area contributed by atoms with Crippen LogP contribution in [0.25, 0.3) is 44.0 Å². The van der Waals surface area contributed by atoms with E-state index >= 15 is 0 Å². The minimum atomic E-state index is -1.34. The highest BCUT2D eigenvalue weighted by Gasteiger charge is 2.17. The molecule has 8 N–H and O–H groups in total. The molecular weight excluding hydrogens is 783 g/mol. The maximum atomic E-state index is 13.0. The van der Waals surface area contributed by atoms with E-state index in [1.54, 1.807) is 60.9 Å². The zero-order chi connectivity index (χ0) is 40.1. The number of benzene rings is 6. The van der Waals surface area contributed by atoms with E-state index in [9.17, 15) is 40.2 Å². The molecule has 0 atom stereocenters. The highest BCUT2D eigenvalue weighted by Crippen LogP contribution is 2.35. The first-order valence-corrected chi connectivity index (χ1v) is 17.5. The van der Waals surface area contributed by atoms with Gasteiger partial charge in [0.1, 0.15) is 34.5 Å². The molecule has 0 aliphatic carbocycles. The number of halogens is 1. The van der Waals surface area contributed by atoms with Crippen molar-refractivity contribution in [3.05, 3.63) is 171 Å². The van der Waals surface area contributed by atoms with Crippen LogP contribution in [0.3, 0.4) is 0 Å². The number of phenolic OH excluding ortho intramolecular Hbond substituents is 6. The predicted molar refractivity (Wildman–Crippen MR) is 218 cm³/mol. The molecule has 0 bridgehead atoms. The summed E-state index contributed by atoms with van der Waals surface area (Å²) in [5, 5.41) is 76.7. The molecule has 2 aromatic heterocycles. The van der Waals surface area contributed by atoms with E-state index in [4.69, 9.17) is 10.0 Å². The van der Waals surface area contributed by atoms with Gasteiger partial charge in [0.2, 0.25) is 0 Å². The van der Waals surface area contributed by atoms with Gasteiger partial charge in [0, 0.05) is 56.7 Å². The first kappa shape index (κ1) is 38.7. The smallest absolute Gasteiger partial charge is 0.488 e. The Morgan fingerprint density at radius 1 is 0.482 bits per heavy atom. The molecule has 0 aliphatic rings. The van der Waals surface area contributed by atoms with Gasteiger partial charge < -0.3 is 40.7 Å². The lowest BCUT2D eigenvalue weighted by molar-refractivity contribution is 0.425. The van der Waals surface area contributed by atoms with E-state index in [1.165, 1.54) is 45.5 Å². The summed E-state index contributed by atoms with van der Waals surface area (Å²) >= 11 is 3.33. The lowest BCUT2D eigenvalue weighted by Gasteiger charge is -2.14. The van der Waals surface area contributed by atoms with Gasteiger partial charge in [-0.1, -0.05) is 60.7 Å². The zero-order valence-corrected chi connectivity index (χ0v) is 30.7. The highest BCUT2D eigenvalue weighted by molar-refractivity contribution is 9.10. The molecule has 8 aromatic rings. The number of aromatic hydroxyl groups is 6. The molecule has 2 heterocycles. The summed E-state index contributed by atoms with van der Waals surface area (Å²) in [6.07, 6.45) is 3.22. The lowest BCUT2D eigenvalue weighted by atomic mass is 9.81. The Hall–Kier alpha value is -7.00. The molecule has 56 heavy (non-hydrogen) atoms. The van der Waals surface area contributed by atoms with Gasteiger partial charge >= 0.3 is 7.12 Å². The predicted octanol–water partition coefficient (Wildman–Crippen LogP) is 6.01. The third kappa shape index (κ3) is 8.37. The minimum Gasteiger partial charge on any atom is -0.508 e. The van der Waals surface area contributed by atoms with Gasteiger partial charge in [-0.25, -0.2) is 0 Å². The van der Waals surface area contributed by atoms with Crippen LogP contribution >= 0.6 is 15.9 Å². The zero-order valence-electron chi connectivity index (χ0n) is 29.1. The lowest BCUT2D eigenvalue weighted by Crippen LogP contribution is -2.29. The largest absolute Gasteiger partial charge is 0.508 e. The Labute approximate surface area is 326 Å². The van der Waals surface area contributed by atoms with Gasteiger partial charge in [0.05, 0.1) is 10.8 Å². The van der Waals surface area contributed by atoms with Crippen molar-refractivity contribution in [2.45, 2.75) is 0 Å². The number of fused-ring (bicyclic) bond motifs is 2. The average molecular weight is 815 g/mol. The number of hydrogen-bond acceptors (Lipinski definition) is 10. The van der Waals surface area contributed by atoms with Crippen LogP contribution in [0.5, 0.6) is 34.5 Å². The number of nitrogens with zero attached hydrogens (tertiary/aromatic N) is 2. The van der Waals surface area contributed by atoms with E-state index in [-0.39, 0.29) is 45.3 Å². The van der Waals surface area contributed by atoms with Crippen molar-refractivity contribution in [3.63, 3.8) is 0 Å². The summed E-state index contributed by atoms with van der Waals surface area (Å²) in [6, 6.07) is 35.6. The number of aromatic nitrogens is 2. The van der Waals surface area contributed by atoms with Crippen LogP contribution < -0.4 is 16.6 Å². The van der Waals surface area contributed by atoms with Gasteiger partial charge in [-0.05, 0) is 87.6 Å². The van der Waals surface area contributed by atoms with E-state index < -0.39 is 18.2 Å². The second-order valence-corrected chi connectivity index (χ2v) is 13.2. The van der Waals surface area contributed by atoms with Crippen molar-refractivity contribution in [1.29, 1.82) is 0 Å². The van der Waals surface area contributed by atoms with Crippen LogP contribution in [0.4, 0.5) is 0 Å². The fourth-order valence-electron chi connectivity index (χ4n) is 5.90. The first-order valence-electron chi connectivity index (χ1n) is 16.8. The molecule has 12 nitrogen and oxygen atoms in total. The molecule has 0 radical (unpaired) electrons. The van der Waals surface area contributed by atoms with Gasteiger partial charge in [-0.15, -0.1) is 0 Å². The van der Waals surface area contributed by atoms with Crippen LogP contribution in [-0.4, -0.2) is 56.9 Å². The number of pyridine rings is 2. The molecule has 8 rings (SSSR count). The van der Waals surface area contributed by atoms with Crippen molar-refractivity contribution in [2.75, 3.05) is 0 Å². The van der Waals surface area contributed by atoms with Crippen molar-refractivity contribution in [3.8, 4) is 57.0 Å². The molecular formula is C42H32BBrN2O10. The van der Waals surface area contributed by atoms with E-state index in [1.807, 2.05) is 36.4 Å². The third-order valence-electron chi connectivity index (χ3n) is 8.56. The topological polar surface area (TPSA) is 206 Å². The Morgan fingerprint density at radius 2 is 0.911 bits per heavy atom. The fraction of sp³-hybridized carbons (Fsp3) is 0. The van der Waals surface area contributed by atoms with Crippen molar-refractivity contribution in [1.82, 2.24) is 9.13 Å². The van der Waals surface area contributed by atoms with E-state index in [0.717, 1.165) is 17.7 Å². The summed E-state index contributed by atoms with van der Waals surface area (Å²) in [6.45, 7) is 0. The molecule has 0 fully saturated rings. The van der Waals surface area contributed by atoms with Gasteiger partial charge in [0.15, 0.2) is 0 Å². The summed E-state index contributed by atoms with van der Waals surface area (Å²) in [5.74, 6) is -0.617. The van der Waals surface area contributed by atoms with Crippen LogP contribution in [0.15, 0.2) is 160 Å². The maximum absolute atomic E-state index is 13.0. The SMILES string of the molecule is O=c1c2c(O)cc(O)cc2c(-c2ccccc2)cn1-c1ccc(O)cc1.O=c1c2c(O)cc(O)cc2c(Br)cn1-c1ccc(O)cc1.OB(O)c1ccccc1. The highest BCUT2D eigenvalue weighted by atomic mass is 79.9. The Morgan fingerprint density at radius 3 is 1.38 bits per heavy atom. The van der Waals surface area contributed by atoms with Crippen LogP contribution in [0.1, 0.15) is 0 Å². The molecule has 6 aromatic carbocycles. The minimum absolute atomic E-state index is 0.0960. The summed E-state index contributed by atoms with van der Waals surface area (Å²) in [5.41, 5.74) is 2.33. The third-order valence-corrected chi connectivity index (χ3v) is 9.19. The van der Waals surface area contributed by atoms with Crippen LogP contribution in [0, 0.1) is 0 Å². The molecule has 0 spiro atoms. The Balaban J connectivity index is 0.000000158. The first-order chi connectivity index (χ1) is 26.8. The van der Waals surface area contributed by atoms with Crippen molar-refractivity contribution < 1.29 is 40.7 Å². The quantitative estimate of drug-likeness (QED) is 0.0972. The maximum Gasteiger partial charge on any atom is 0.488 e. The van der Waals surface area contributed by atoms with Gasteiger partial charge in [-0.3, -0.25) is 18.7 Å². The van der Waals surface area contributed by atoms with Gasteiger partial charge in [-0.2, -0.15) is 0 Å². The number of rotatable bonds is 4. The second kappa shape index (κ2) is 16.6. The van der Waals surface area contributed by atoms with Crippen LogP contribution in [0.2, 0.25) is 0 Å². The van der Waals surface area contributed by atoms with Gasteiger partial charge in [0.25, 0.3) is 11.1 Å². The summed E-state index contributed by atoms with van der Waals surface area (Å²) < 4.78 is 3.32.